The van der Waals surface area contributed by atoms with Crippen molar-refractivity contribution in [3.05, 3.63) is 59.7 Å². The van der Waals surface area contributed by atoms with E-state index in [1.165, 1.54) is 17.1 Å². The Bertz CT molecular complexity index is 1300. The lowest BCUT2D eigenvalue weighted by atomic mass is 9.83. The summed E-state index contributed by atoms with van der Waals surface area (Å²) in [5, 5.41) is 19.7. The Kier molecular flexibility index (Phi) is 6.02. The molecule has 0 spiro atoms. The first-order chi connectivity index (χ1) is 15.5. The minimum absolute atomic E-state index is 0.197. The second kappa shape index (κ2) is 8.51. The van der Waals surface area contributed by atoms with Gasteiger partial charge in [-0.15, -0.1) is 5.10 Å². The quantitative estimate of drug-likeness (QED) is 0.330. The lowest BCUT2D eigenvalue weighted by Crippen LogP contribution is -2.49. The highest BCUT2D eigenvalue weighted by molar-refractivity contribution is 6.53. The van der Waals surface area contributed by atoms with Gasteiger partial charge in [0, 0.05) is 6.20 Å². The molecule has 172 valence electrons. The number of para-hydroxylation sites is 1. The van der Waals surface area contributed by atoms with Crippen LogP contribution in [0.4, 0.5) is 4.39 Å². The van der Waals surface area contributed by atoms with E-state index in [-0.39, 0.29) is 19.3 Å². The van der Waals surface area contributed by atoms with E-state index in [0.29, 0.717) is 27.6 Å². The highest BCUT2D eigenvalue weighted by Gasteiger charge is 2.36. The summed E-state index contributed by atoms with van der Waals surface area (Å²) in [6.45, 7) is 9.00. The molecular weight excluding hydrogens is 446 g/mol. The number of aromatic nitrogens is 6. The molecule has 4 rings (SSSR count). The first-order valence-corrected chi connectivity index (χ1v) is 10.9. The number of benzene rings is 1. The molecular formula is C22H25BClFN6O2. The normalized spacial score (nSPS) is 13.5. The van der Waals surface area contributed by atoms with Gasteiger partial charge in [0.25, 0.3) is 0 Å². The molecule has 33 heavy (non-hydrogen) atoms. The SMILES string of the molecule is CC(c1cn(-c2ccccc2F)nn1)n1cc(BOC(C)(C)C(C)(C)O)c2c(Cl)ncnc21. The summed E-state index contributed by atoms with van der Waals surface area (Å²) in [6, 6.07) is 6.09. The van der Waals surface area contributed by atoms with Gasteiger partial charge in [0.1, 0.15) is 34.3 Å². The van der Waals surface area contributed by atoms with Crippen LogP contribution in [0.15, 0.2) is 43.0 Å². The van der Waals surface area contributed by atoms with Gasteiger partial charge in [-0.1, -0.05) is 28.9 Å². The number of rotatable bonds is 7. The van der Waals surface area contributed by atoms with E-state index in [4.69, 9.17) is 16.3 Å². The molecule has 0 aliphatic rings. The molecule has 0 aliphatic heterocycles. The zero-order valence-corrected chi connectivity index (χ0v) is 19.9. The maximum absolute atomic E-state index is 14.2. The van der Waals surface area contributed by atoms with Crippen molar-refractivity contribution in [2.75, 3.05) is 0 Å². The van der Waals surface area contributed by atoms with Crippen molar-refractivity contribution in [1.29, 1.82) is 0 Å². The van der Waals surface area contributed by atoms with E-state index in [1.807, 2.05) is 31.5 Å². The molecule has 0 saturated heterocycles. The zero-order chi connectivity index (χ0) is 24.0. The fourth-order valence-corrected chi connectivity index (χ4v) is 3.58. The van der Waals surface area contributed by atoms with Crippen molar-refractivity contribution < 1.29 is 14.2 Å². The van der Waals surface area contributed by atoms with E-state index < -0.39 is 11.2 Å². The van der Waals surface area contributed by atoms with Crippen LogP contribution in [0.3, 0.4) is 0 Å². The molecule has 4 aromatic rings. The van der Waals surface area contributed by atoms with Crippen molar-refractivity contribution in [2.24, 2.45) is 0 Å². The average Bonchev–Trinajstić information content (AvgIpc) is 3.37. The predicted octanol–water partition coefficient (Wildman–Crippen LogP) is 2.96. The van der Waals surface area contributed by atoms with Crippen molar-refractivity contribution in [3.63, 3.8) is 0 Å². The molecule has 3 aromatic heterocycles. The van der Waals surface area contributed by atoms with Crippen LogP contribution in [-0.4, -0.2) is 53.3 Å². The van der Waals surface area contributed by atoms with Crippen molar-refractivity contribution in [3.8, 4) is 5.69 Å². The van der Waals surface area contributed by atoms with Gasteiger partial charge in [0.05, 0.1) is 28.8 Å². The number of halogens is 2. The molecule has 0 bridgehead atoms. The minimum Gasteiger partial charge on any atom is -0.427 e. The minimum atomic E-state index is -1.05. The fraction of sp³-hybridized carbons (Fsp3) is 0.364. The third-order valence-electron chi connectivity index (χ3n) is 6.16. The summed E-state index contributed by atoms with van der Waals surface area (Å²) in [5.74, 6) is -0.388. The molecule has 1 N–H and O–H groups in total. The van der Waals surface area contributed by atoms with E-state index in [9.17, 15) is 9.50 Å². The van der Waals surface area contributed by atoms with Gasteiger partial charge >= 0.3 is 7.48 Å². The van der Waals surface area contributed by atoms with Gasteiger partial charge < -0.3 is 14.3 Å². The van der Waals surface area contributed by atoms with Crippen LogP contribution >= 0.6 is 11.6 Å². The Hall–Kier alpha value is -2.82. The van der Waals surface area contributed by atoms with Gasteiger partial charge in [0.15, 0.2) is 0 Å². The third-order valence-corrected chi connectivity index (χ3v) is 6.45. The van der Waals surface area contributed by atoms with Crippen LogP contribution in [0.1, 0.15) is 46.4 Å². The second-order valence-electron chi connectivity index (χ2n) is 9.00. The summed E-state index contributed by atoms with van der Waals surface area (Å²) < 4.78 is 23.6. The van der Waals surface area contributed by atoms with Crippen LogP contribution in [-0.2, 0) is 4.65 Å². The van der Waals surface area contributed by atoms with Crippen molar-refractivity contribution in [1.82, 2.24) is 29.5 Å². The largest absolute Gasteiger partial charge is 0.427 e. The zero-order valence-electron chi connectivity index (χ0n) is 19.1. The molecule has 0 saturated carbocycles. The number of fused-ring (bicyclic) bond motifs is 1. The Morgan fingerprint density at radius 2 is 1.88 bits per heavy atom. The Labute approximate surface area is 196 Å². The molecule has 1 unspecified atom stereocenters. The monoisotopic (exact) mass is 470 g/mol. The topological polar surface area (TPSA) is 90.9 Å². The highest BCUT2D eigenvalue weighted by Crippen LogP contribution is 2.27. The highest BCUT2D eigenvalue weighted by atomic mass is 35.5. The maximum Gasteiger partial charge on any atom is 0.311 e. The lowest BCUT2D eigenvalue weighted by Gasteiger charge is -2.37. The Morgan fingerprint density at radius 3 is 2.58 bits per heavy atom. The molecule has 0 aliphatic carbocycles. The van der Waals surface area contributed by atoms with Gasteiger partial charge in [0.2, 0.25) is 0 Å². The van der Waals surface area contributed by atoms with E-state index in [0.717, 1.165) is 5.46 Å². The summed E-state index contributed by atoms with van der Waals surface area (Å²) in [5.41, 5.74) is 0.467. The Balaban J connectivity index is 1.70. The lowest BCUT2D eigenvalue weighted by molar-refractivity contribution is -0.0893. The van der Waals surface area contributed by atoms with Crippen molar-refractivity contribution >= 4 is 35.6 Å². The third kappa shape index (κ3) is 4.38. The van der Waals surface area contributed by atoms with Gasteiger partial charge in [-0.2, -0.15) is 0 Å². The smallest absolute Gasteiger partial charge is 0.311 e. The number of hydrogen-bond acceptors (Lipinski definition) is 6. The molecule has 1 atom stereocenters. The fourth-order valence-electron chi connectivity index (χ4n) is 3.33. The standard InChI is InChI=1S/C22H25BClFN6O2/c1-13(16-11-31(29-28-16)17-9-7-6-8-15(17)25)30-10-14(18-19(24)26-12-27-20(18)30)23-33-22(4,5)21(2,3)32/h6-13,23,32H,1-5H3. The first kappa shape index (κ1) is 23.3. The molecule has 0 radical (unpaired) electrons. The summed E-state index contributed by atoms with van der Waals surface area (Å²) in [7, 11) is 0.197. The summed E-state index contributed by atoms with van der Waals surface area (Å²) in [4.78, 5) is 8.55. The van der Waals surface area contributed by atoms with Crippen LogP contribution in [0.2, 0.25) is 5.15 Å². The van der Waals surface area contributed by atoms with E-state index in [2.05, 4.69) is 20.3 Å². The Morgan fingerprint density at radius 1 is 1.15 bits per heavy atom. The molecule has 8 nitrogen and oxygen atoms in total. The summed E-state index contributed by atoms with van der Waals surface area (Å²) >= 11 is 6.42. The van der Waals surface area contributed by atoms with Crippen molar-refractivity contribution in [2.45, 2.75) is 51.9 Å². The number of nitrogens with zero attached hydrogens (tertiary/aromatic N) is 6. The van der Waals surface area contributed by atoms with E-state index >= 15 is 0 Å². The molecule has 1 aromatic carbocycles. The van der Waals surface area contributed by atoms with Crippen LogP contribution in [0.5, 0.6) is 0 Å². The second-order valence-corrected chi connectivity index (χ2v) is 9.36. The molecule has 11 heteroatoms. The maximum atomic E-state index is 14.2. The molecule has 3 heterocycles. The van der Waals surface area contributed by atoms with Gasteiger partial charge in [-0.25, -0.2) is 19.0 Å². The number of hydrogen-bond donors (Lipinski definition) is 1. The van der Waals surface area contributed by atoms with E-state index in [1.54, 1.807) is 38.2 Å². The van der Waals surface area contributed by atoms with Crippen LogP contribution in [0, 0.1) is 5.82 Å². The van der Waals surface area contributed by atoms with Crippen LogP contribution < -0.4 is 5.46 Å². The van der Waals surface area contributed by atoms with Gasteiger partial charge in [-0.05, 0) is 52.2 Å². The van der Waals surface area contributed by atoms with Crippen LogP contribution in [0.25, 0.3) is 16.7 Å². The summed E-state index contributed by atoms with van der Waals surface area (Å²) in [6.07, 6.45) is 4.97. The predicted molar refractivity (Wildman–Crippen MR) is 126 cm³/mol. The number of aliphatic hydroxyl groups is 1. The average molecular weight is 471 g/mol. The van der Waals surface area contributed by atoms with Gasteiger partial charge in [-0.3, -0.25) is 0 Å². The molecule has 0 amide bonds. The molecule has 0 fully saturated rings. The first-order valence-electron chi connectivity index (χ1n) is 10.5.